The quantitative estimate of drug-likeness (QED) is 0.868. The molecular formula is C17H21NO3. The van der Waals surface area contributed by atoms with Crippen molar-refractivity contribution in [3.05, 3.63) is 57.0 Å². The maximum absolute atomic E-state index is 12.4. The molecule has 2 rings (SSSR count). The van der Waals surface area contributed by atoms with Crippen LogP contribution < -0.4 is 15.0 Å². The van der Waals surface area contributed by atoms with Gasteiger partial charge in [-0.05, 0) is 44.5 Å². The van der Waals surface area contributed by atoms with Crippen LogP contribution in [0.2, 0.25) is 0 Å². The van der Waals surface area contributed by atoms with Crippen LogP contribution in [0.3, 0.4) is 0 Å². The van der Waals surface area contributed by atoms with Crippen molar-refractivity contribution in [2.75, 3.05) is 14.2 Å². The average Bonchev–Trinajstić information content (AvgIpc) is 2.49. The lowest BCUT2D eigenvalue weighted by atomic mass is 10.1. The predicted molar refractivity (Wildman–Crippen MR) is 83.6 cm³/mol. The highest BCUT2D eigenvalue weighted by Crippen LogP contribution is 2.25. The molecule has 0 saturated heterocycles. The van der Waals surface area contributed by atoms with Crippen molar-refractivity contribution in [2.24, 2.45) is 0 Å². The number of benzene rings is 1. The largest absolute Gasteiger partial charge is 0.497 e. The molecule has 0 unspecified atom stereocenters. The van der Waals surface area contributed by atoms with Crippen LogP contribution >= 0.6 is 0 Å². The Bertz CT molecular complexity index is 717. The second kappa shape index (κ2) is 6.04. The van der Waals surface area contributed by atoms with E-state index in [1.807, 2.05) is 45.0 Å². The van der Waals surface area contributed by atoms with E-state index in [4.69, 9.17) is 9.47 Å². The van der Waals surface area contributed by atoms with E-state index in [1.54, 1.807) is 18.8 Å². The molecule has 4 nitrogen and oxygen atoms in total. The molecule has 21 heavy (non-hydrogen) atoms. The molecule has 112 valence electrons. The minimum Gasteiger partial charge on any atom is -0.497 e. The number of pyridine rings is 1. The molecule has 0 aliphatic rings. The fourth-order valence-corrected chi connectivity index (χ4v) is 2.38. The van der Waals surface area contributed by atoms with Crippen molar-refractivity contribution < 1.29 is 9.47 Å². The van der Waals surface area contributed by atoms with Gasteiger partial charge in [0.25, 0.3) is 5.56 Å². The molecule has 0 saturated carbocycles. The number of rotatable bonds is 4. The number of ether oxygens (including phenoxy) is 2. The van der Waals surface area contributed by atoms with Crippen LogP contribution in [0, 0.1) is 20.8 Å². The lowest BCUT2D eigenvalue weighted by Gasteiger charge is -2.15. The summed E-state index contributed by atoms with van der Waals surface area (Å²) in [5, 5.41) is 0. The Morgan fingerprint density at radius 2 is 1.76 bits per heavy atom. The monoisotopic (exact) mass is 287 g/mol. The Balaban J connectivity index is 2.48. The van der Waals surface area contributed by atoms with E-state index in [0.717, 1.165) is 33.9 Å². The lowest BCUT2D eigenvalue weighted by molar-refractivity contribution is 0.390. The van der Waals surface area contributed by atoms with Crippen LogP contribution in [0.15, 0.2) is 29.1 Å². The van der Waals surface area contributed by atoms with E-state index in [1.165, 1.54) is 0 Å². The maximum atomic E-state index is 12.4. The lowest BCUT2D eigenvalue weighted by Crippen LogP contribution is -2.25. The summed E-state index contributed by atoms with van der Waals surface area (Å²) < 4.78 is 12.4. The molecule has 0 amide bonds. The number of aryl methyl sites for hydroxylation is 2. The van der Waals surface area contributed by atoms with Gasteiger partial charge in [0.15, 0.2) is 0 Å². The Kier molecular flexibility index (Phi) is 4.36. The number of nitrogens with zero attached hydrogens (tertiary/aromatic N) is 1. The van der Waals surface area contributed by atoms with Crippen molar-refractivity contribution >= 4 is 0 Å². The maximum Gasteiger partial charge on any atom is 0.254 e. The van der Waals surface area contributed by atoms with Gasteiger partial charge in [-0.3, -0.25) is 4.79 Å². The first kappa shape index (κ1) is 15.2. The predicted octanol–water partition coefficient (Wildman–Crippen LogP) is 2.84. The Labute approximate surface area is 124 Å². The molecule has 0 aliphatic carbocycles. The minimum absolute atomic E-state index is 0.0466. The molecule has 0 fully saturated rings. The zero-order valence-electron chi connectivity index (χ0n) is 13.2. The third-order valence-corrected chi connectivity index (χ3v) is 3.83. The van der Waals surface area contributed by atoms with E-state index in [0.29, 0.717) is 6.54 Å². The van der Waals surface area contributed by atoms with Gasteiger partial charge in [-0.1, -0.05) is 0 Å². The molecule has 1 aromatic heterocycles. The fraction of sp³-hybridized carbons (Fsp3) is 0.353. The third-order valence-electron chi connectivity index (χ3n) is 3.83. The van der Waals surface area contributed by atoms with Gasteiger partial charge < -0.3 is 14.0 Å². The second-order valence-electron chi connectivity index (χ2n) is 5.16. The molecule has 0 spiro atoms. The Hall–Kier alpha value is -2.23. The van der Waals surface area contributed by atoms with E-state index >= 15 is 0 Å². The SMILES string of the molecule is COc1ccc(Cn2c(C)cc(C)c(C)c2=O)c(OC)c1. The van der Waals surface area contributed by atoms with Crippen LogP contribution in [-0.2, 0) is 6.54 Å². The summed E-state index contributed by atoms with van der Waals surface area (Å²) in [6.45, 7) is 6.25. The summed E-state index contributed by atoms with van der Waals surface area (Å²) in [7, 11) is 3.24. The van der Waals surface area contributed by atoms with Crippen LogP contribution in [0.5, 0.6) is 11.5 Å². The normalized spacial score (nSPS) is 10.5. The number of hydrogen-bond donors (Lipinski definition) is 0. The zero-order chi connectivity index (χ0) is 15.6. The molecule has 0 bridgehead atoms. The zero-order valence-corrected chi connectivity index (χ0v) is 13.2. The van der Waals surface area contributed by atoms with Gasteiger partial charge in [0, 0.05) is 22.9 Å². The highest BCUT2D eigenvalue weighted by Gasteiger charge is 2.11. The highest BCUT2D eigenvalue weighted by atomic mass is 16.5. The number of hydrogen-bond acceptors (Lipinski definition) is 3. The Morgan fingerprint density at radius 1 is 1.05 bits per heavy atom. The van der Waals surface area contributed by atoms with Gasteiger partial charge in [0.1, 0.15) is 11.5 Å². The standard InChI is InChI=1S/C17H21NO3/c1-11-8-12(2)18(17(19)13(11)3)10-14-6-7-15(20-4)9-16(14)21-5/h6-9H,10H2,1-5H3. The first-order valence-corrected chi connectivity index (χ1v) is 6.86. The van der Waals surface area contributed by atoms with Gasteiger partial charge in [-0.25, -0.2) is 0 Å². The number of aromatic nitrogens is 1. The summed E-state index contributed by atoms with van der Waals surface area (Å²) in [6, 6.07) is 7.67. The van der Waals surface area contributed by atoms with E-state index in [-0.39, 0.29) is 5.56 Å². The highest BCUT2D eigenvalue weighted by molar-refractivity contribution is 5.41. The average molecular weight is 287 g/mol. The van der Waals surface area contributed by atoms with Gasteiger partial charge >= 0.3 is 0 Å². The molecule has 0 radical (unpaired) electrons. The van der Waals surface area contributed by atoms with E-state index in [2.05, 4.69) is 0 Å². The smallest absolute Gasteiger partial charge is 0.254 e. The van der Waals surface area contributed by atoms with Crippen LogP contribution in [0.1, 0.15) is 22.4 Å². The van der Waals surface area contributed by atoms with Crippen LogP contribution in [0.25, 0.3) is 0 Å². The molecule has 0 atom stereocenters. The summed E-state index contributed by atoms with van der Waals surface area (Å²) in [5.74, 6) is 1.46. The van der Waals surface area contributed by atoms with Crippen LogP contribution in [-0.4, -0.2) is 18.8 Å². The van der Waals surface area contributed by atoms with Gasteiger partial charge in [-0.2, -0.15) is 0 Å². The first-order chi connectivity index (χ1) is 9.97. The van der Waals surface area contributed by atoms with Gasteiger partial charge in [0.05, 0.1) is 20.8 Å². The first-order valence-electron chi connectivity index (χ1n) is 6.86. The van der Waals surface area contributed by atoms with E-state index in [9.17, 15) is 4.79 Å². The van der Waals surface area contributed by atoms with E-state index < -0.39 is 0 Å². The van der Waals surface area contributed by atoms with Crippen molar-refractivity contribution in [1.29, 1.82) is 0 Å². The molecule has 0 aliphatic heterocycles. The molecule has 1 heterocycles. The second-order valence-corrected chi connectivity index (χ2v) is 5.16. The molecule has 1 aromatic carbocycles. The van der Waals surface area contributed by atoms with Crippen LogP contribution in [0.4, 0.5) is 0 Å². The topological polar surface area (TPSA) is 40.5 Å². The Morgan fingerprint density at radius 3 is 2.38 bits per heavy atom. The summed E-state index contributed by atoms with van der Waals surface area (Å²) in [5.41, 5.74) is 3.75. The van der Waals surface area contributed by atoms with Crippen molar-refractivity contribution in [3.63, 3.8) is 0 Å². The fourth-order valence-electron chi connectivity index (χ4n) is 2.38. The van der Waals surface area contributed by atoms with Gasteiger partial charge in [0.2, 0.25) is 0 Å². The summed E-state index contributed by atoms with van der Waals surface area (Å²) >= 11 is 0. The molecular weight excluding hydrogens is 266 g/mol. The third kappa shape index (κ3) is 2.94. The molecule has 0 N–H and O–H groups in total. The molecule has 4 heteroatoms. The minimum atomic E-state index is 0.0466. The number of methoxy groups -OCH3 is 2. The molecule has 2 aromatic rings. The van der Waals surface area contributed by atoms with Crippen molar-refractivity contribution in [2.45, 2.75) is 27.3 Å². The van der Waals surface area contributed by atoms with Gasteiger partial charge in [-0.15, -0.1) is 0 Å². The van der Waals surface area contributed by atoms with Crippen molar-refractivity contribution in [3.8, 4) is 11.5 Å². The summed E-state index contributed by atoms with van der Waals surface area (Å²) in [4.78, 5) is 12.4. The summed E-state index contributed by atoms with van der Waals surface area (Å²) in [6.07, 6.45) is 0. The van der Waals surface area contributed by atoms with Crippen molar-refractivity contribution in [1.82, 2.24) is 4.57 Å².